The predicted octanol–water partition coefficient (Wildman–Crippen LogP) is 2.21. The minimum atomic E-state index is -4.79. The summed E-state index contributed by atoms with van der Waals surface area (Å²) in [5.74, 6) is -2.03. The molecule has 4 aromatic heterocycles. The van der Waals surface area contributed by atoms with Crippen LogP contribution in [0.5, 0.6) is 0 Å². The van der Waals surface area contributed by atoms with Crippen LogP contribution in [0.2, 0.25) is 0 Å². The van der Waals surface area contributed by atoms with Gasteiger partial charge in [-0.3, -0.25) is 0 Å². The molecule has 172 valence electrons. The zero-order valence-corrected chi connectivity index (χ0v) is 16.9. The van der Waals surface area contributed by atoms with Crippen LogP contribution in [-0.4, -0.2) is 29.9 Å². The largest absolute Gasteiger partial charge is 0.451 e. The first-order valence-corrected chi connectivity index (χ1v) is 9.60. The minimum absolute atomic E-state index is 0.127. The molecular formula is C20H13F4N8O2+. The van der Waals surface area contributed by atoms with Crippen LogP contribution in [0.15, 0.2) is 58.3 Å². The van der Waals surface area contributed by atoms with Crippen molar-refractivity contribution < 1.29 is 26.4 Å². The molecule has 0 saturated carbocycles. The molecule has 10 nitrogen and oxygen atoms in total. The van der Waals surface area contributed by atoms with E-state index >= 15 is 0 Å². The molecule has 0 aliphatic heterocycles. The van der Waals surface area contributed by atoms with Gasteiger partial charge >= 0.3 is 17.8 Å². The second-order valence-corrected chi connectivity index (χ2v) is 7.12. The van der Waals surface area contributed by atoms with Crippen molar-refractivity contribution in [1.29, 1.82) is 0 Å². The van der Waals surface area contributed by atoms with Gasteiger partial charge in [0, 0.05) is 11.1 Å². The number of benzene rings is 1. The first-order chi connectivity index (χ1) is 16.2. The van der Waals surface area contributed by atoms with Gasteiger partial charge in [-0.15, -0.1) is 9.38 Å². The van der Waals surface area contributed by atoms with Gasteiger partial charge in [0.15, 0.2) is 6.39 Å². The number of halogens is 4. The van der Waals surface area contributed by atoms with Gasteiger partial charge in [-0.25, -0.2) is 19.3 Å². The number of rotatable bonds is 4. The van der Waals surface area contributed by atoms with E-state index in [-0.39, 0.29) is 17.3 Å². The lowest BCUT2D eigenvalue weighted by Crippen LogP contribution is -2.44. The predicted molar refractivity (Wildman–Crippen MR) is 107 cm³/mol. The van der Waals surface area contributed by atoms with Gasteiger partial charge < -0.3 is 10.2 Å². The lowest BCUT2D eigenvalue weighted by atomic mass is 10.0. The number of nitrogens with two attached hydrogens (primary N) is 1. The van der Waals surface area contributed by atoms with Crippen molar-refractivity contribution >= 4 is 11.6 Å². The minimum Gasteiger partial charge on any atom is -0.438 e. The van der Waals surface area contributed by atoms with Crippen LogP contribution < -0.4 is 15.8 Å². The number of nitrogens with zero attached hydrogens (tertiary/aromatic N) is 6. The number of nitrogen functional groups attached to an aromatic ring is 1. The van der Waals surface area contributed by atoms with E-state index in [9.17, 15) is 22.4 Å². The zero-order chi connectivity index (χ0) is 24.0. The van der Waals surface area contributed by atoms with Crippen LogP contribution in [-0.2, 0) is 12.7 Å². The monoisotopic (exact) mass is 473 g/mol. The van der Waals surface area contributed by atoms with E-state index in [0.717, 1.165) is 9.08 Å². The first-order valence-electron chi connectivity index (χ1n) is 9.60. The number of alkyl halides is 3. The number of aromatic amines is 1. The number of hydrogen-bond donors (Lipinski definition) is 2. The van der Waals surface area contributed by atoms with Gasteiger partial charge in [-0.2, -0.15) is 28.1 Å². The van der Waals surface area contributed by atoms with E-state index in [1.807, 2.05) is 0 Å². The maximum atomic E-state index is 13.5. The van der Waals surface area contributed by atoms with Gasteiger partial charge in [0.1, 0.15) is 23.7 Å². The summed E-state index contributed by atoms with van der Waals surface area (Å²) in [6.45, 7) is -0.578. The Balaban J connectivity index is 1.76. The van der Waals surface area contributed by atoms with Crippen molar-refractivity contribution in [2.45, 2.75) is 12.7 Å². The van der Waals surface area contributed by atoms with Crippen LogP contribution in [0.4, 0.5) is 23.5 Å². The van der Waals surface area contributed by atoms with E-state index in [4.69, 9.17) is 5.73 Å². The Morgan fingerprint density at radius 1 is 1.12 bits per heavy atom. The molecule has 34 heavy (non-hydrogen) atoms. The highest BCUT2D eigenvalue weighted by Crippen LogP contribution is 2.33. The van der Waals surface area contributed by atoms with Crippen LogP contribution >= 0.6 is 0 Å². The summed E-state index contributed by atoms with van der Waals surface area (Å²) in [4.78, 5) is 21.0. The Labute approximate surface area is 186 Å². The molecule has 0 unspecified atom stereocenters. The molecule has 0 radical (unpaired) electrons. The summed E-state index contributed by atoms with van der Waals surface area (Å²) in [7, 11) is 0. The molecule has 14 heteroatoms. The van der Waals surface area contributed by atoms with Crippen molar-refractivity contribution in [2.24, 2.45) is 0 Å². The highest BCUT2D eigenvalue weighted by molar-refractivity contribution is 5.88. The van der Waals surface area contributed by atoms with Crippen LogP contribution in [0.25, 0.3) is 28.0 Å². The lowest BCUT2D eigenvalue weighted by Gasteiger charge is -2.08. The number of aromatic nitrogens is 7. The second-order valence-electron chi connectivity index (χ2n) is 7.12. The third kappa shape index (κ3) is 3.54. The maximum Gasteiger partial charge on any atom is 0.451 e. The molecule has 0 aliphatic rings. The standard InChI is InChI=1S/C20H12F4N8O2/c21-12-3-1-10(2-4-12)15-14(11-5-6-27-28-7-11)17-30-31(19(33)32(17)18(25)29-15)8-13-16(20(22,23)24)34-9-26-13/h1-7,9H,8H2,(H2,25,27,29,30)/p+1. The summed E-state index contributed by atoms with van der Waals surface area (Å²) in [6, 6.07) is 7.02. The Morgan fingerprint density at radius 3 is 2.56 bits per heavy atom. The number of fused-ring (bicyclic) bond motifs is 1. The van der Waals surface area contributed by atoms with Crippen LogP contribution in [0.3, 0.4) is 0 Å². The smallest absolute Gasteiger partial charge is 0.438 e. The Kier molecular flexibility index (Phi) is 4.84. The number of H-pyrrole nitrogens is 1. The van der Waals surface area contributed by atoms with Crippen LogP contribution in [0.1, 0.15) is 11.5 Å². The number of hydrogen-bond acceptors (Lipinski definition) is 7. The molecular weight excluding hydrogens is 460 g/mol. The van der Waals surface area contributed by atoms with Gasteiger partial charge in [0.05, 0.1) is 18.0 Å². The van der Waals surface area contributed by atoms with E-state index in [2.05, 4.69) is 29.7 Å². The molecule has 0 aliphatic carbocycles. The molecule has 0 spiro atoms. The molecule has 0 fully saturated rings. The molecule has 0 amide bonds. The number of nitrogens with one attached hydrogen (secondary N) is 1. The fraction of sp³-hybridized carbons (Fsp3) is 0.100. The van der Waals surface area contributed by atoms with Crippen molar-refractivity contribution in [3.8, 4) is 22.4 Å². The lowest BCUT2D eigenvalue weighted by molar-refractivity contribution is -0.516. The van der Waals surface area contributed by atoms with Gasteiger partial charge in [0.25, 0.3) is 0 Å². The average molecular weight is 473 g/mol. The van der Waals surface area contributed by atoms with Gasteiger partial charge in [-0.05, 0) is 30.3 Å². The van der Waals surface area contributed by atoms with Crippen molar-refractivity contribution in [1.82, 2.24) is 29.9 Å². The number of anilines is 1. The third-order valence-electron chi connectivity index (χ3n) is 5.01. The number of oxazole rings is 1. The van der Waals surface area contributed by atoms with E-state index in [1.54, 1.807) is 6.07 Å². The molecule has 0 saturated heterocycles. The van der Waals surface area contributed by atoms with E-state index in [0.29, 0.717) is 23.1 Å². The highest BCUT2D eigenvalue weighted by Gasteiger charge is 2.39. The normalized spacial score (nSPS) is 11.9. The Bertz CT molecular complexity index is 1560. The SMILES string of the molecule is Nc1nc(-c2ccc(F)cc2)c(-c2ccnnc2)c2[nH]n(Cc3ncoc3C(F)(F)F)c(=O)[n+]12. The molecule has 1 aromatic carbocycles. The average Bonchev–Trinajstić information content (AvgIpc) is 3.40. The third-order valence-corrected chi connectivity index (χ3v) is 5.01. The second kappa shape index (κ2) is 7.75. The van der Waals surface area contributed by atoms with Crippen LogP contribution in [0, 0.1) is 5.82 Å². The van der Waals surface area contributed by atoms with Crippen molar-refractivity contribution in [3.05, 3.63) is 76.9 Å². The summed E-state index contributed by atoms with van der Waals surface area (Å²) < 4.78 is 59.5. The zero-order valence-electron chi connectivity index (χ0n) is 16.9. The highest BCUT2D eigenvalue weighted by atomic mass is 19.4. The van der Waals surface area contributed by atoms with E-state index < -0.39 is 35.7 Å². The molecule has 0 atom stereocenters. The van der Waals surface area contributed by atoms with Crippen molar-refractivity contribution in [3.63, 3.8) is 0 Å². The summed E-state index contributed by atoms with van der Waals surface area (Å²) >= 11 is 0. The summed E-state index contributed by atoms with van der Waals surface area (Å²) in [5.41, 5.74) is 6.49. The van der Waals surface area contributed by atoms with E-state index in [1.165, 1.54) is 36.7 Å². The molecule has 0 bridgehead atoms. The molecule has 5 rings (SSSR count). The first kappa shape index (κ1) is 21.2. The molecule has 5 aromatic rings. The fourth-order valence-electron chi connectivity index (χ4n) is 3.55. The van der Waals surface area contributed by atoms with Gasteiger partial charge in [0.2, 0.25) is 11.4 Å². The quantitative estimate of drug-likeness (QED) is 0.302. The topological polar surface area (TPSA) is 133 Å². The van der Waals surface area contributed by atoms with Gasteiger partial charge in [-0.1, -0.05) is 0 Å². The summed E-state index contributed by atoms with van der Waals surface area (Å²) in [5, 5.41) is 10.4. The Morgan fingerprint density at radius 2 is 1.88 bits per heavy atom. The molecule has 3 N–H and O–H groups in total. The van der Waals surface area contributed by atoms with Crippen molar-refractivity contribution in [2.75, 3.05) is 5.73 Å². The molecule has 4 heterocycles. The fourth-order valence-corrected chi connectivity index (χ4v) is 3.55. The maximum absolute atomic E-state index is 13.5. The summed E-state index contributed by atoms with van der Waals surface area (Å²) in [6.07, 6.45) is -1.32. The Hall–Kier alpha value is -4.62.